The number of benzene rings is 2. The lowest BCUT2D eigenvalue weighted by Crippen LogP contribution is -2.43. The van der Waals surface area contributed by atoms with Crippen molar-refractivity contribution >= 4 is 15.9 Å². The van der Waals surface area contributed by atoms with Crippen LogP contribution in [-0.2, 0) is 12.8 Å². The van der Waals surface area contributed by atoms with Crippen LogP contribution < -0.4 is 10.5 Å². The van der Waals surface area contributed by atoms with E-state index in [4.69, 9.17) is 10.5 Å². The Morgan fingerprint density at radius 1 is 1.10 bits per heavy atom. The lowest BCUT2D eigenvalue weighted by atomic mass is 9.85. The molecule has 4 rings (SSSR count). The van der Waals surface area contributed by atoms with Crippen LogP contribution in [0.3, 0.4) is 0 Å². The van der Waals surface area contributed by atoms with Crippen LogP contribution in [0.15, 0.2) is 46.9 Å². The lowest BCUT2D eigenvalue weighted by Gasteiger charge is -2.38. The van der Waals surface area contributed by atoms with E-state index in [0.717, 1.165) is 35.0 Å². The quantitative estimate of drug-likeness (QED) is 0.798. The normalized spacial score (nSPS) is 22.2. The second-order valence-corrected chi connectivity index (χ2v) is 6.82. The standard InChI is InChI=1S/C17H16BrNO/c18-13-5-6-16-14(7-13)15(19)10-17(20-16)8-11-3-1-2-4-12(11)9-17/h1-7,15H,8-10,19H2. The van der Waals surface area contributed by atoms with Crippen molar-refractivity contribution in [3.63, 3.8) is 0 Å². The summed E-state index contributed by atoms with van der Waals surface area (Å²) in [7, 11) is 0. The highest BCUT2D eigenvalue weighted by atomic mass is 79.9. The molecule has 0 amide bonds. The van der Waals surface area contributed by atoms with E-state index in [-0.39, 0.29) is 11.6 Å². The first-order valence-electron chi connectivity index (χ1n) is 6.96. The first kappa shape index (κ1) is 12.4. The van der Waals surface area contributed by atoms with Gasteiger partial charge in [0, 0.05) is 35.3 Å². The molecule has 0 bridgehead atoms. The summed E-state index contributed by atoms with van der Waals surface area (Å²) < 4.78 is 7.44. The summed E-state index contributed by atoms with van der Waals surface area (Å²) in [6, 6.07) is 14.8. The molecule has 0 fully saturated rings. The maximum Gasteiger partial charge on any atom is 0.125 e. The predicted molar refractivity (Wildman–Crippen MR) is 82.9 cm³/mol. The van der Waals surface area contributed by atoms with Crippen molar-refractivity contribution in [3.05, 3.63) is 63.6 Å². The highest BCUT2D eigenvalue weighted by molar-refractivity contribution is 9.10. The van der Waals surface area contributed by atoms with Crippen molar-refractivity contribution in [1.29, 1.82) is 0 Å². The first-order chi connectivity index (χ1) is 9.65. The zero-order valence-corrected chi connectivity index (χ0v) is 12.7. The third-order valence-electron chi connectivity index (χ3n) is 4.43. The van der Waals surface area contributed by atoms with Crippen molar-refractivity contribution in [2.75, 3.05) is 0 Å². The fourth-order valence-corrected chi connectivity index (χ4v) is 3.94. The number of ether oxygens (including phenoxy) is 1. The van der Waals surface area contributed by atoms with Crippen molar-refractivity contribution in [3.8, 4) is 5.75 Å². The topological polar surface area (TPSA) is 35.2 Å². The largest absolute Gasteiger partial charge is 0.486 e. The Bertz CT molecular complexity index is 657. The van der Waals surface area contributed by atoms with E-state index in [0.29, 0.717) is 0 Å². The van der Waals surface area contributed by atoms with Crippen molar-refractivity contribution in [2.45, 2.75) is 30.9 Å². The molecule has 102 valence electrons. The fraction of sp³-hybridized carbons (Fsp3) is 0.294. The van der Waals surface area contributed by atoms with E-state index in [1.165, 1.54) is 11.1 Å². The number of halogens is 1. The molecule has 1 aliphatic carbocycles. The summed E-state index contributed by atoms with van der Waals surface area (Å²) in [6.07, 6.45) is 2.81. The van der Waals surface area contributed by atoms with Crippen molar-refractivity contribution < 1.29 is 4.74 Å². The molecule has 1 atom stereocenters. The first-order valence-corrected chi connectivity index (χ1v) is 7.75. The van der Waals surface area contributed by atoms with Gasteiger partial charge in [0.25, 0.3) is 0 Å². The van der Waals surface area contributed by atoms with Crippen LogP contribution in [-0.4, -0.2) is 5.60 Å². The van der Waals surface area contributed by atoms with Gasteiger partial charge >= 0.3 is 0 Å². The van der Waals surface area contributed by atoms with Gasteiger partial charge in [-0.05, 0) is 29.3 Å². The summed E-state index contributed by atoms with van der Waals surface area (Å²) >= 11 is 3.51. The Labute approximate surface area is 127 Å². The highest BCUT2D eigenvalue weighted by Crippen LogP contribution is 2.45. The molecule has 0 saturated heterocycles. The van der Waals surface area contributed by atoms with Crippen LogP contribution in [0, 0.1) is 0 Å². The van der Waals surface area contributed by atoms with Crippen LogP contribution in [0.25, 0.3) is 0 Å². The molecule has 3 heteroatoms. The molecule has 1 aliphatic heterocycles. The Kier molecular flexibility index (Phi) is 2.69. The molecule has 2 aliphatic rings. The minimum atomic E-state index is -0.149. The Hall–Kier alpha value is -1.32. The van der Waals surface area contributed by atoms with Crippen LogP contribution >= 0.6 is 15.9 Å². The average molecular weight is 330 g/mol. The van der Waals surface area contributed by atoms with Gasteiger partial charge in [0.05, 0.1) is 0 Å². The van der Waals surface area contributed by atoms with Crippen LogP contribution in [0.1, 0.15) is 29.2 Å². The van der Waals surface area contributed by atoms with Gasteiger partial charge in [0.1, 0.15) is 11.4 Å². The zero-order valence-electron chi connectivity index (χ0n) is 11.1. The lowest BCUT2D eigenvalue weighted by molar-refractivity contribution is 0.0459. The van der Waals surface area contributed by atoms with Crippen molar-refractivity contribution in [2.24, 2.45) is 5.73 Å². The van der Waals surface area contributed by atoms with E-state index in [9.17, 15) is 0 Å². The monoisotopic (exact) mass is 329 g/mol. The number of fused-ring (bicyclic) bond motifs is 2. The molecule has 2 aromatic carbocycles. The third-order valence-corrected chi connectivity index (χ3v) is 4.93. The minimum absolute atomic E-state index is 0.0468. The van der Waals surface area contributed by atoms with Gasteiger partial charge < -0.3 is 10.5 Å². The number of hydrogen-bond donors (Lipinski definition) is 1. The molecular formula is C17H16BrNO. The second-order valence-electron chi connectivity index (χ2n) is 5.90. The van der Waals surface area contributed by atoms with Crippen molar-refractivity contribution in [1.82, 2.24) is 0 Å². The summed E-state index contributed by atoms with van der Waals surface area (Å²) in [5.41, 5.74) is 10.2. The van der Waals surface area contributed by atoms with E-state index in [1.54, 1.807) is 0 Å². The predicted octanol–water partition coefficient (Wildman–Crippen LogP) is 3.77. The summed E-state index contributed by atoms with van der Waals surface area (Å²) in [5, 5.41) is 0. The maximum atomic E-state index is 6.40. The van der Waals surface area contributed by atoms with Gasteiger partial charge in [0.15, 0.2) is 0 Å². The van der Waals surface area contributed by atoms with Gasteiger partial charge in [-0.2, -0.15) is 0 Å². The van der Waals surface area contributed by atoms with Gasteiger partial charge in [-0.25, -0.2) is 0 Å². The van der Waals surface area contributed by atoms with Crippen LogP contribution in [0.2, 0.25) is 0 Å². The summed E-state index contributed by atoms with van der Waals surface area (Å²) in [6.45, 7) is 0. The number of rotatable bonds is 0. The molecule has 2 nitrogen and oxygen atoms in total. The molecule has 1 heterocycles. The Morgan fingerprint density at radius 3 is 2.50 bits per heavy atom. The van der Waals surface area contributed by atoms with Crippen LogP contribution in [0.5, 0.6) is 5.75 Å². The third kappa shape index (κ3) is 1.88. The molecule has 1 unspecified atom stereocenters. The molecule has 20 heavy (non-hydrogen) atoms. The van der Waals surface area contributed by atoms with E-state index in [1.807, 2.05) is 12.1 Å². The van der Waals surface area contributed by atoms with Gasteiger partial charge in [-0.3, -0.25) is 0 Å². The van der Waals surface area contributed by atoms with Gasteiger partial charge in [-0.15, -0.1) is 0 Å². The van der Waals surface area contributed by atoms with E-state index in [2.05, 4.69) is 46.3 Å². The Morgan fingerprint density at radius 2 is 1.80 bits per heavy atom. The average Bonchev–Trinajstić information content (AvgIpc) is 2.77. The van der Waals surface area contributed by atoms with Gasteiger partial charge in [0.2, 0.25) is 0 Å². The molecule has 2 aromatic rings. The molecule has 2 N–H and O–H groups in total. The van der Waals surface area contributed by atoms with Crippen LogP contribution in [0.4, 0.5) is 0 Å². The summed E-state index contributed by atoms with van der Waals surface area (Å²) in [4.78, 5) is 0. The number of hydrogen-bond acceptors (Lipinski definition) is 2. The zero-order chi connectivity index (χ0) is 13.7. The number of nitrogens with two attached hydrogens (primary N) is 1. The van der Waals surface area contributed by atoms with E-state index >= 15 is 0 Å². The highest BCUT2D eigenvalue weighted by Gasteiger charge is 2.44. The molecule has 0 aromatic heterocycles. The van der Waals surface area contributed by atoms with E-state index < -0.39 is 0 Å². The molecule has 1 spiro atoms. The fourth-order valence-electron chi connectivity index (χ4n) is 3.56. The molecule has 0 saturated carbocycles. The summed E-state index contributed by atoms with van der Waals surface area (Å²) in [5.74, 6) is 0.944. The molecule has 0 radical (unpaired) electrons. The smallest absolute Gasteiger partial charge is 0.125 e. The molecular weight excluding hydrogens is 314 g/mol. The SMILES string of the molecule is NC1CC2(Cc3ccccc3C2)Oc2ccc(Br)cc21. The van der Waals surface area contributed by atoms with Gasteiger partial charge in [-0.1, -0.05) is 40.2 Å². The minimum Gasteiger partial charge on any atom is -0.486 e. The maximum absolute atomic E-state index is 6.40. The Balaban J connectivity index is 1.73. The second kappa shape index (κ2) is 4.34.